The van der Waals surface area contributed by atoms with Crippen LogP contribution < -0.4 is 0 Å². The Morgan fingerprint density at radius 1 is 1.55 bits per heavy atom. The normalized spacial score (nSPS) is 33.6. The summed E-state index contributed by atoms with van der Waals surface area (Å²) in [6.07, 6.45) is 7.74. The van der Waals surface area contributed by atoms with E-state index in [1.807, 2.05) is 0 Å². The Kier molecular flexibility index (Phi) is 3.16. The monoisotopic (exact) mass is 152 g/mol. The molecule has 0 heterocycles. The molecule has 0 N–H and O–H groups in total. The fraction of sp³-hybridized carbons (Fsp3) is 0.818. The van der Waals surface area contributed by atoms with Gasteiger partial charge in [0.15, 0.2) is 0 Å². The summed E-state index contributed by atoms with van der Waals surface area (Å²) in [5.74, 6) is 2.67. The molecule has 1 rings (SSSR count). The van der Waals surface area contributed by atoms with Gasteiger partial charge in [0.2, 0.25) is 0 Å². The molecule has 0 nitrogen and oxygen atoms in total. The van der Waals surface area contributed by atoms with E-state index in [0.29, 0.717) is 0 Å². The minimum Gasteiger partial charge on any atom is -0.103 e. The van der Waals surface area contributed by atoms with E-state index in [0.717, 1.165) is 17.8 Å². The predicted octanol–water partition coefficient (Wildman–Crippen LogP) is 3.63. The standard InChI is InChI=1S/C11H20/c1-4-9(3)11-8-6-7-10(11)5-2/h5,9-11H,2,4,6-8H2,1,3H3. The summed E-state index contributed by atoms with van der Waals surface area (Å²) in [5, 5.41) is 0. The summed E-state index contributed by atoms with van der Waals surface area (Å²) in [6.45, 7) is 8.59. The summed E-state index contributed by atoms with van der Waals surface area (Å²) in [6, 6.07) is 0. The van der Waals surface area contributed by atoms with Gasteiger partial charge in [-0.05, 0) is 30.6 Å². The fourth-order valence-corrected chi connectivity index (χ4v) is 2.32. The molecule has 0 radical (unpaired) electrons. The Hall–Kier alpha value is -0.260. The van der Waals surface area contributed by atoms with E-state index in [1.165, 1.54) is 25.7 Å². The van der Waals surface area contributed by atoms with Crippen molar-refractivity contribution in [3.05, 3.63) is 12.7 Å². The summed E-state index contributed by atoms with van der Waals surface area (Å²) >= 11 is 0. The number of allylic oxidation sites excluding steroid dienone is 1. The van der Waals surface area contributed by atoms with Crippen molar-refractivity contribution in [1.82, 2.24) is 0 Å². The average Bonchev–Trinajstić information content (AvgIpc) is 2.50. The molecule has 0 heteroatoms. The summed E-state index contributed by atoms with van der Waals surface area (Å²) in [7, 11) is 0. The molecular weight excluding hydrogens is 132 g/mol. The van der Waals surface area contributed by atoms with Gasteiger partial charge < -0.3 is 0 Å². The van der Waals surface area contributed by atoms with Gasteiger partial charge in [0.25, 0.3) is 0 Å². The summed E-state index contributed by atoms with van der Waals surface area (Å²) in [5.41, 5.74) is 0. The van der Waals surface area contributed by atoms with E-state index in [9.17, 15) is 0 Å². The van der Waals surface area contributed by atoms with Gasteiger partial charge in [0, 0.05) is 0 Å². The lowest BCUT2D eigenvalue weighted by Crippen LogP contribution is -2.13. The molecular formula is C11H20. The molecule has 0 aromatic heterocycles. The zero-order valence-corrected chi connectivity index (χ0v) is 7.84. The Labute approximate surface area is 70.7 Å². The van der Waals surface area contributed by atoms with E-state index in [1.54, 1.807) is 0 Å². The Morgan fingerprint density at radius 3 is 2.82 bits per heavy atom. The van der Waals surface area contributed by atoms with Gasteiger partial charge in [-0.3, -0.25) is 0 Å². The molecule has 0 aromatic carbocycles. The Balaban J connectivity index is 2.48. The van der Waals surface area contributed by atoms with Crippen LogP contribution >= 0.6 is 0 Å². The number of hydrogen-bond donors (Lipinski definition) is 0. The van der Waals surface area contributed by atoms with Crippen LogP contribution in [0.4, 0.5) is 0 Å². The first-order chi connectivity index (χ1) is 5.29. The van der Waals surface area contributed by atoms with Crippen LogP contribution in [0.3, 0.4) is 0 Å². The van der Waals surface area contributed by atoms with Crippen molar-refractivity contribution in [3.63, 3.8) is 0 Å². The van der Waals surface area contributed by atoms with Crippen LogP contribution in [0.2, 0.25) is 0 Å². The third-order valence-corrected chi connectivity index (χ3v) is 3.30. The maximum Gasteiger partial charge on any atom is -0.0205 e. The Bertz CT molecular complexity index is 126. The molecule has 3 unspecified atom stereocenters. The molecule has 1 saturated carbocycles. The lowest BCUT2D eigenvalue weighted by molar-refractivity contribution is 0.309. The highest BCUT2D eigenvalue weighted by atomic mass is 14.3. The van der Waals surface area contributed by atoms with Crippen LogP contribution in [0.25, 0.3) is 0 Å². The van der Waals surface area contributed by atoms with Crippen molar-refractivity contribution in [2.45, 2.75) is 39.5 Å². The van der Waals surface area contributed by atoms with Gasteiger partial charge >= 0.3 is 0 Å². The van der Waals surface area contributed by atoms with Crippen LogP contribution in [0.1, 0.15) is 39.5 Å². The average molecular weight is 152 g/mol. The van der Waals surface area contributed by atoms with Gasteiger partial charge in [-0.25, -0.2) is 0 Å². The number of hydrogen-bond acceptors (Lipinski definition) is 0. The highest BCUT2D eigenvalue weighted by molar-refractivity contribution is 4.90. The molecule has 0 bridgehead atoms. The lowest BCUT2D eigenvalue weighted by Gasteiger charge is -2.22. The fourth-order valence-electron chi connectivity index (χ4n) is 2.32. The van der Waals surface area contributed by atoms with Crippen molar-refractivity contribution < 1.29 is 0 Å². The van der Waals surface area contributed by atoms with Gasteiger partial charge in [-0.15, -0.1) is 6.58 Å². The first-order valence-corrected chi connectivity index (χ1v) is 4.92. The molecule has 11 heavy (non-hydrogen) atoms. The van der Waals surface area contributed by atoms with Gasteiger partial charge in [-0.2, -0.15) is 0 Å². The second-order valence-electron chi connectivity index (χ2n) is 3.88. The first-order valence-electron chi connectivity index (χ1n) is 4.92. The SMILES string of the molecule is C=CC1CCCC1C(C)CC. The van der Waals surface area contributed by atoms with Crippen molar-refractivity contribution in [1.29, 1.82) is 0 Å². The maximum absolute atomic E-state index is 3.91. The third kappa shape index (κ3) is 1.85. The minimum absolute atomic E-state index is 0.824. The molecule has 0 spiro atoms. The van der Waals surface area contributed by atoms with Crippen LogP contribution in [0, 0.1) is 17.8 Å². The lowest BCUT2D eigenvalue weighted by atomic mass is 9.84. The molecule has 1 fully saturated rings. The third-order valence-electron chi connectivity index (χ3n) is 3.30. The summed E-state index contributed by atoms with van der Waals surface area (Å²) < 4.78 is 0. The van der Waals surface area contributed by atoms with Crippen molar-refractivity contribution in [2.24, 2.45) is 17.8 Å². The minimum atomic E-state index is 0.824. The largest absolute Gasteiger partial charge is 0.103 e. The summed E-state index contributed by atoms with van der Waals surface area (Å²) in [4.78, 5) is 0. The molecule has 1 aliphatic rings. The molecule has 3 atom stereocenters. The first kappa shape index (κ1) is 8.83. The second kappa shape index (κ2) is 3.94. The van der Waals surface area contributed by atoms with Gasteiger partial charge in [-0.1, -0.05) is 32.8 Å². The van der Waals surface area contributed by atoms with Crippen LogP contribution in [0.5, 0.6) is 0 Å². The van der Waals surface area contributed by atoms with Gasteiger partial charge in [0.1, 0.15) is 0 Å². The highest BCUT2D eigenvalue weighted by Crippen LogP contribution is 2.38. The zero-order chi connectivity index (χ0) is 8.27. The van der Waals surface area contributed by atoms with Crippen molar-refractivity contribution >= 4 is 0 Å². The second-order valence-corrected chi connectivity index (χ2v) is 3.88. The number of rotatable bonds is 3. The molecule has 64 valence electrons. The Morgan fingerprint density at radius 2 is 2.27 bits per heavy atom. The zero-order valence-electron chi connectivity index (χ0n) is 7.84. The van der Waals surface area contributed by atoms with E-state index in [2.05, 4.69) is 26.5 Å². The van der Waals surface area contributed by atoms with E-state index < -0.39 is 0 Å². The molecule has 0 saturated heterocycles. The smallest absolute Gasteiger partial charge is 0.0205 e. The molecule has 0 aliphatic heterocycles. The quantitative estimate of drug-likeness (QED) is 0.542. The molecule has 0 amide bonds. The predicted molar refractivity (Wildman–Crippen MR) is 50.5 cm³/mol. The van der Waals surface area contributed by atoms with Crippen LogP contribution in [-0.2, 0) is 0 Å². The van der Waals surface area contributed by atoms with E-state index in [-0.39, 0.29) is 0 Å². The molecule has 1 aliphatic carbocycles. The van der Waals surface area contributed by atoms with E-state index in [4.69, 9.17) is 0 Å². The van der Waals surface area contributed by atoms with Crippen molar-refractivity contribution in [3.8, 4) is 0 Å². The van der Waals surface area contributed by atoms with Crippen LogP contribution in [0.15, 0.2) is 12.7 Å². The topological polar surface area (TPSA) is 0 Å². The highest BCUT2D eigenvalue weighted by Gasteiger charge is 2.28. The van der Waals surface area contributed by atoms with Crippen molar-refractivity contribution in [2.75, 3.05) is 0 Å². The maximum atomic E-state index is 3.91. The van der Waals surface area contributed by atoms with E-state index >= 15 is 0 Å². The van der Waals surface area contributed by atoms with Crippen LogP contribution in [-0.4, -0.2) is 0 Å². The van der Waals surface area contributed by atoms with Gasteiger partial charge in [0.05, 0.1) is 0 Å². The molecule has 0 aromatic rings.